The minimum atomic E-state index is -1.10. The molecule has 6 nitrogen and oxygen atoms in total. The van der Waals surface area contributed by atoms with Crippen molar-refractivity contribution >= 4 is 33.6 Å². The zero-order valence-electron chi connectivity index (χ0n) is 10.7. The normalized spacial score (nSPS) is 16.0. The molecule has 0 radical (unpaired) electrons. The molecule has 1 heterocycles. The number of halogens is 1. The first-order valence-electron chi connectivity index (χ1n) is 6.25. The molecule has 1 saturated heterocycles. The number of carboxylic acids is 1. The van der Waals surface area contributed by atoms with E-state index in [-0.39, 0.29) is 23.4 Å². The molecule has 108 valence electrons. The summed E-state index contributed by atoms with van der Waals surface area (Å²) in [4.78, 5) is 24.8. The third-order valence-electron chi connectivity index (χ3n) is 3.23. The number of carbonyl (C=O) groups excluding carboxylic acids is 1. The van der Waals surface area contributed by atoms with E-state index in [0.717, 1.165) is 0 Å². The second-order valence-corrected chi connectivity index (χ2v) is 5.47. The molecule has 2 amide bonds. The Kier molecular flexibility index (Phi) is 4.61. The molecule has 0 atom stereocenters. The Bertz CT molecular complexity index is 527. The maximum absolute atomic E-state index is 12.1. The van der Waals surface area contributed by atoms with Gasteiger partial charge in [-0.1, -0.05) is 6.07 Å². The van der Waals surface area contributed by atoms with Gasteiger partial charge in [0.25, 0.3) is 0 Å². The number of urea groups is 1. The topological polar surface area (TPSA) is 89.9 Å². The van der Waals surface area contributed by atoms with Gasteiger partial charge in [0, 0.05) is 17.6 Å². The number of aromatic carboxylic acids is 1. The lowest BCUT2D eigenvalue weighted by molar-refractivity contribution is 0.0698. The molecule has 1 aliphatic heterocycles. The molecule has 0 saturated carbocycles. The van der Waals surface area contributed by atoms with Crippen LogP contribution in [-0.4, -0.2) is 46.3 Å². The number of likely N-dealkylation sites (tertiary alicyclic amines) is 1. The number of aliphatic hydroxyl groups excluding tert-OH is 1. The summed E-state index contributed by atoms with van der Waals surface area (Å²) >= 11 is 3.24. The minimum Gasteiger partial charge on any atom is -0.478 e. The smallest absolute Gasteiger partial charge is 0.337 e. The number of hydrogen-bond donors (Lipinski definition) is 3. The second-order valence-electron chi connectivity index (χ2n) is 4.62. The van der Waals surface area contributed by atoms with Gasteiger partial charge in [-0.3, -0.25) is 0 Å². The van der Waals surface area contributed by atoms with Crippen LogP contribution in [0.1, 0.15) is 23.2 Å². The molecule has 3 N–H and O–H groups in total. The van der Waals surface area contributed by atoms with E-state index in [2.05, 4.69) is 21.2 Å². The average molecular weight is 343 g/mol. The number of hydrogen-bond acceptors (Lipinski definition) is 3. The zero-order valence-corrected chi connectivity index (χ0v) is 12.3. The van der Waals surface area contributed by atoms with Crippen LogP contribution in [0.2, 0.25) is 0 Å². The van der Waals surface area contributed by atoms with Crippen LogP contribution >= 0.6 is 15.9 Å². The van der Waals surface area contributed by atoms with Crippen molar-refractivity contribution in [3.63, 3.8) is 0 Å². The van der Waals surface area contributed by atoms with Gasteiger partial charge in [-0.05, 0) is 40.9 Å². The summed E-state index contributed by atoms with van der Waals surface area (Å²) in [5, 5.41) is 21.2. The summed E-state index contributed by atoms with van der Waals surface area (Å²) in [6, 6.07) is 4.34. The average Bonchev–Trinajstić information content (AvgIpc) is 2.41. The lowest BCUT2D eigenvalue weighted by Gasteiger charge is -2.29. The van der Waals surface area contributed by atoms with E-state index in [1.807, 2.05) is 0 Å². The second kappa shape index (κ2) is 6.23. The van der Waals surface area contributed by atoms with Crippen LogP contribution in [0.15, 0.2) is 22.7 Å². The Labute approximate surface area is 124 Å². The number of aliphatic hydroxyl groups is 1. The lowest BCUT2D eigenvalue weighted by atomic mass is 10.1. The van der Waals surface area contributed by atoms with E-state index >= 15 is 0 Å². The highest BCUT2D eigenvalue weighted by molar-refractivity contribution is 9.10. The number of carboxylic acid groups (broad SMARTS) is 1. The highest BCUT2D eigenvalue weighted by Gasteiger charge is 2.23. The number of carbonyl (C=O) groups is 2. The van der Waals surface area contributed by atoms with Crippen molar-refractivity contribution in [2.24, 2.45) is 0 Å². The first-order valence-corrected chi connectivity index (χ1v) is 7.04. The van der Waals surface area contributed by atoms with Crippen LogP contribution in [0.5, 0.6) is 0 Å². The standard InChI is InChI=1S/C13H15BrN2O4/c14-10-3-1-2-9(12(18)19)11(10)15-13(20)16-6-4-8(17)5-7-16/h1-3,8,17H,4-7H2,(H,15,20)(H,18,19). The third-order valence-corrected chi connectivity index (χ3v) is 3.89. The predicted octanol–water partition coefficient (Wildman–Crippen LogP) is 2.14. The van der Waals surface area contributed by atoms with Gasteiger partial charge in [-0.15, -0.1) is 0 Å². The van der Waals surface area contributed by atoms with E-state index in [1.165, 1.54) is 6.07 Å². The first kappa shape index (κ1) is 14.8. The minimum absolute atomic E-state index is 0.0322. The Hall–Kier alpha value is -1.60. The molecular formula is C13H15BrN2O4. The summed E-state index contributed by atoms with van der Waals surface area (Å²) in [5.41, 5.74) is 0.279. The van der Waals surface area contributed by atoms with Crippen molar-refractivity contribution < 1.29 is 19.8 Å². The first-order chi connectivity index (χ1) is 9.49. The number of amides is 2. The van der Waals surface area contributed by atoms with Crippen LogP contribution in [0.3, 0.4) is 0 Å². The van der Waals surface area contributed by atoms with Crippen molar-refractivity contribution in [3.8, 4) is 0 Å². The summed E-state index contributed by atoms with van der Waals surface area (Å²) in [6.45, 7) is 0.916. The Morgan fingerprint density at radius 1 is 1.30 bits per heavy atom. The zero-order chi connectivity index (χ0) is 14.7. The Morgan fingerprint density at radius 3 is 2.55 bits per heavy atom. The van der Waals surface area contributed by atoms with Gasteiger partial charge in [-0.25, -0.2) is 9.59 Å². The quantitative estimate of drug-likeness (QED) is 0.767. The van der Waals surface area contributed by atoms with E-state index in [9.17, 15) is 14.7 Å². The number of nitrogens with zero attached hydrogens (tertiary/aromatic N) is 1. The van der Waals surface area contributed by atoms with Crippen LogP contribution < -0.4 is 5.32 Å². The largest absolute Gasteiger partial charge is 0.478 e. The number of nitrogens with one attached hydrogen (secondary N) is 1. The fourth-order valence-electron chi connectivity index (χ4n) is 2.08. The molecule has 0 unspecified atom stereocenters. The maximum Gasteiger partial charge on any atom is 0.337 e. The number of anilines is 1. The molecule has 1 fully saturated rings. The maximum atomic E-state index is 12.1. The summed E-state index contributed by atoms with van der Waals surface area (Å²) in [6.07, 6.45) is 0.710. The number of piperidine rings is 1. The lowest BCUT2D eigenvalue weighted by Crippen LogP contribution is -2.42. The van der Waals surface area contributed by atoms with Gasteiger partial charge in [0.15, 0.2) is 0 Å². The molecule has 0 bridgehead atoms. The SMILES string of the molecule is O=C(O)c1cccc(Br)c1NC(=O)N1CCC(O)CC1. The van der Waals surface area contributed by atoms with Crippen molar-refractivity contribution in [2.75, 3.05) is 18.4 Å². The fourth-order valence-corrected chi connectivity index (χ4v) is 2.55. The molecule has 1 aliphatic rings. The number of benzene rings is 1. The molecule has 0 aromatic heterocycles. The Balaban J connectivity index is 2.13. The molecule has 1 aromatic carbocycles. The molecule has 1 aromatic rings. The monoisotopic (exact) mass is 342 g/mol. The molecule has 0 spiro atoms. The van der Waals surface area contributed by atoms with Crippen LogP contribution in [0.25, 0.3) is 0 Å². The number of rotatable bonds is 2. The van der Waals surface area contributed by atoms with Crippen LogP contribution in [0.4, 0.5) is 10.5 Å². The summed E-state index contributed by atoms with van der Waals surface area (Å²) < 4.78 is 0.516. The summed E-state index contributed by atoms with van der Waals surface area (Å²) in [7, 11) is 0. The molecule has 7 heteroatoms. The number of para-hydroxylation sites is 1. The van der Waals surface area contributed by atoms with Crippen LogP contribution in [-0.2, 0) is 0 Å². The van der Waals surface area contributed by atoms with Gasteiger partial charge in [0.05, 0.1) is 17.4 Å². The van der Waals surface area contributed by atoms with Gasteiger partial charge < -0.3 is 20.4 Å². The van der Waals surface area contributed by atoms with E-state index in [0.29, 0.717) is 30.4 Å². The third kappa shape index (κ3) is 3.29. The summed E-state index contributed by atoms with van der Waals surface area (Å²) in [5.74, 6) is -1.10. The highest BCUT2D eigenvalue weighted by atomic mass is 79.9. The molecule has 20 heavy (non-hydrogen) atoms. The van der Waals surface area contributed by atoms with Gasteiger partial charge >= 0.3 is 12.0 Å². The van der Waals surface area contributed by atoms with E-state index < -0.39 is 5.97 Å². The van der Waals surface area contributed by atoms with Crippen molar-refractivity contribution in [2.45, 2.75) is 18.9 Å². The van der Waals surface area contributed by atoms with Gasteiger partial charge in [-0.2, -0.15) is 0 Å². The fraction of sp³-hybridized carbons (Fsp3) is 0.385. The van der Waals surface area contributed by atoms with Gasteiger partial charge in [0.1, 0.15) is 0 Å². The predicted molar refractivity (Wildman–Crippen MR) is 76.9 cm³/mol. The van der Waals surface area contributed by atoms with Gasteiger partial charge in [0.2, 0.25) is 0 Å². The molecular weight excluding hydrogens is 328 g/mol. The molecule has 0 aliphatic carbocycles. The van der Waals surface area contributed by atoms with Crippen LogP contribution in [0, 0.1) is 0 Å². The molecule has 2 rings (SSSR count). The highest BCUT2D eigenvalue weighted by Crippen LogP contribution is 2.27. The van der Waals surface area contributed by atoms with Crippen molar-refractivity contribution in [1.29, 1.82) is 0 Å². The van der Waals surface area contributed by atoms with E-state index in [1.54, 1.807) is 17.0 Å². The van der Waals surface area contributed by atoms with Crippen molar-refractivity contribution in [1.82, 2.24) is 4.90 Å². The van der Waals surface area contributed by atoms with E-state index in [4.69, 9.17) is 5.11 Å². The Morgan fingerprint density at radius 2 is 1.95 bits per heavy atom. The van der Waals surface area contributed by atoms with Crippen molar-refractivity contribution in [3.05, 3.63) is 28.2 Å².